The Morgan fingerprint density at radius 1 is 1.50 bits per heavy atom. The van der Waals surface area contributed by atoms with Gasteiger partial charge in [-0.2, -0.15) is 0 Å². The van der Waals surface area contributed by atoms with Crippen molar-refractivity contribution in [3.05, 3.63) is 41.0 Å². The number of carbonyl (C=O) groups is 1. The summed E-state index contributed by atoms with van der Waals surface area (Å²) in [6.45, 7) is 6.48. The van der Waals surface area contributed by atoms with Crippen molar-refractivity contribution in [2.75, 3.05) is 7.05 Å². The van der Waals surface area contributed by atoms with E-state index in [1.807, 2.05) is 36.9 Å². The van der Waals surface area contributed by atoms with Gasteiger partial charge in [0.25, 0.3) is 5.91 Å². The maximum atomic E-state index is 12.4. The second-order valence-electron chi connectivity index (χ2n) is 5.46. The number of hydrogen-bond acceptors (Lipinski definition) is 3. The molecule has 0 N–H and O–H groups in total. The van der Waals surface area contributed by atoms with Crippen molar-refractivity contribution >= 4 is 5.91 Å². The zero-order valence-electron chi connectivity index (χ0n) is 12.7. The maximum Gasteiger partial charge on any atom is 0.255 e. The average Bonchev–Trinajstić information content (AvgIpc) is 2.98. The molecular formula is C15H21N3O2. The van der Waals surface area contributed by atoms with Crippen LogP contribution in [0.5, 0.6) is 0 Å². The highest BCUT2D eigenvalue weighted by atomic mass is 16.5. The molecule has 2 aromatic heterocycles. The maximum absolute atomic E-state index is 12.4. The lowest BCUT2D eigenvalue weighted by atomic mass is 10.1. The van der Waals surface area contributed by atoms with Crippen LogP contribution in [0.15, 0.2) is 22.9 Å². The summed E-state index contributed by atoms with van der Waals surface area (Å²) in [6.07, 6.45) is 1.89. The van der Waals surface area contributed by atoms with E-state index in [-0.39, 0.29) is 5.91 Å². The molecule has 5 heteroatoms. The van der Waals surface area contributed by atoms with E-state index < -0.39 is 0 Å². The minimum absolute atomic E-state index is 0.00871. The summed E-state index contributed by atoms with van der Waals surface area (Å²) >= 11 is 0. The van der Waals surface area contributed by atoms with Gasteiger partial charge in [0.1, 0.15) is 0 Å². The van der Waals surface area contributed by atoms with E-state index in [1.165, 1.54) is 0 Å². The zero-order valence-corrected chi connectivity index (χ0v) is 12.7. The predicted octanol–water partition coefficient (Wildman–Crippen LogP) is 2.72. The lowest BCUT2D eigenvalue weighted by Crippen LogP contribution is -2.26. The van der Waals surface area contributed by atoms with Gasteiger partial charge in [-0.15, -0.1) is 0 Å². The van der Waals surface area contributed by atoms with Crippen molar-refractivity contribution in [3.63, 3.8) is 0 Å². The number of aromatic nitrogens is 2. The van der Waals surface area contributed by atoms with Crippen molar-refractivity contribution in [2.45, 2.75) is 33.2 Å². The molecule has 0 saturated heterocycles. The van der Waals surface area contributed by atoms with E-state index in [1.54, 1.807) is 11.9 Å². The molecule has 2 rings (SSSR count). The van der Waals surface area contributed by atoms with Crippen LogP contribution in [-0.2, 0) is 13.6 Å². The van der Waals surface area contributed by atoms with Crippen molar-refractivity contribution < 1.29 is 9.32 Å². The normalized spacial score (nSPS) is 11.1. The number of carbonyl (C=O) groups excluding carboxylic acids is 1. The van der Waals surface area contributed by atoms with Gasteiger partial charge in [0.2, 0.25) is 0 Å². The van der Waals surface area contributed by atoms with Gasteiger partial charge in [0.05, 0.1) is 17.8 Å². The fourth-order valence-electron chi connectivity index (χ4n) is 2.02. The molecule has 0 spiro atoms. The highest BCUT2D eigenvalue weighted by Crippen LogP contribution is 2.17. The minimum Gasteiger partial charge on any atom is -0.359 e. The Bertz CT molecular complexity index is 610. The SMILES string of the molecule is Cc1c(C(=O)N(C)Cc2cc(C(C)C)no2)ccn1C. The van der Waals surface area contributed by atoms with E-state index >= 15 is 0 Å². The fraction of sp³-hybridized carbons (Fsp3) is 0.467. The van der Waals surface area contributed by atoms with Gasteiger partial charge in [0.15, 0.2) is 5.76 Å². The summed E-state index contributed by atoms with van der Waals surface area (Å²) in [4.78, 5) is 14.0. The molecule has 0 aliphatic rings. The first-order valence-corrected chi connectivity index (χ1v) is 6.73. The summed E-state index contributed by atoms with van der Waals surface area (Å²) < 4.78 is 7.21. The Morgan fingerprint density at radius 2 is 2.20 bits per heavy atom. The number of rotatable bonds is 4. The van der Waals surface area contributed by atoms with Crippen molar-refractivity contribution in [3.8, 4) is 0 Å². The van der Waals surface area contributed by atoms with Crippen LogP contribution in [-0.4, -0.2) is 27.6 Å². The first-order valence-electron chi connectivity index (χ1n) is 6.73. The molecule has 0 aromatic carbocycles. The summed E-state index contributed by atoms with van der Waals surface area (Å²) in [7, 11) is 3.70. The largest absolute Gasteiger partial charge is 0.359 e. The number of amides is 1. The second-order valence-corrected chi connectivity index (χ2v) is 5.46. The topological polar surface area (TPSA) is 51.3 Å². The molecule has 2 aromatic rings. The summed E-state index contributed by atoms with van der Waals surface area (Å²) in [6, 6.07) is 3.75. The quantitative estimate of drug-likeness (QED) is 0.862. The first-order chi connectivity index (χ1) is 9.40. The van der Waals surface area contributed by atoms with Gasteiger partial charge in [-0.05, 0) is 18.9 Å². The number of nitrogens with zero attached hydrogens (tertiary/aromatic N) is 3. The zero-order chi connectivity index (χ0) is 14.9. The highest BCUT2D eigenvalue weighted by Gasteiger charge is 2.18. The average molecular weight is 275 g/mol. The molecule has 108 valence electrons. The van der Waals surface area contributed by atoms with Crippen LogP contribution in [0.1, 0.15) is 47.3 Å². The highest BCUT2D eigenvalue weighted by molar-refractivity contribution is 5.95. The molecular weight excluding hydrogens is 254 g/mol. The number of hydrogen-bond donors (Lipinski definition) is 0. The van der Waals surface area contributed by atoms with Crippen LogP contribution >= 0.6 is 0 Å². The van der Waals surface area contributed by atoms with E-state index in [2.05, 4.69) is 19.0 Å². The predicted molar refractivity (Wildman–Crippen MR) is 76.5 cm³/mol. The van der Waals surface area contributed by atoms with E-state index in [9.17, 15) is 4.79 Å². The smallest absolute Gasteiger partial charge is 0.255 e. The van der Waals surface area contributed by atoms with Crippen molar-refractivity contribution in [1.82, 2.24) is 14.6 Å². The Kier molecular flexibility index (Phi) is 3.97. The van der Waals surface area contributed by atoms with Crippen LogP contribution in [0.25, 0.3) is 0 Å². The second kappa shape index (κ2) is 5.53. The van der Waals surface area contributed by atoms with Crippen LogP contribution in [0, 0.1) is 6.92 Å². The third kappa shape index (κ3) is 2.76. The third-order valence-corrected chi connectivity index (χ3v) is 3.52. The summed E-state index contributed by atoms with van der Waals surface area (Å²) in [5, 5.41) is 4.01. The molecule has 0 aliphatic carbocycles. The molecule has 20 heavy (non-hydrogen) atoms. The van der Waals surface area contributed by atoms with Crippen LogP contribution < -0.4 is 0 Å². The van der Waals surface area contributed by atoms with Gasteiger partial charge in [-0.25, -0.2) is 0 Å². The monoisotopic (exact) mass is 275 g/mol. The summed E-state index contributed by atoms with van der Waals surface area (Å²) in [5.41, 5.74) is 2.60. The van der Waals surface area contributed by atoms with Gasteiger partial charge < -0.3 is 14.0 Å². The standard InChI is InChI=1S/C15H21N3O2/c1-10(2)14-8-12(20-16-14)9-18(5)15(19)13-6-7-17(4)11(13)3/h6-8,10H,9H2,1-5H3. The van der Waals surface area contributed by atoms with Gasteiger partial charge in [0, 0.05) is 32.1 Å². The molecule has 5 nitrogen and oxygen atoms in total. The molecule has 0 aliphatic heterocycles. The Labute approximate surface area is 119 Å². The van der Waals surface area contributed by atoms with E-state index in [0.717, 1.165) is 17.0 Å². The summed E-state index contributed by atoms with van der Waals surface area (Å²) in [5.74, 6) is 1.02. The number of aryl methyl sites for hydroxylation is 1. The van der Waals surface area contributed by atoms with Crippen molar-refractivity contribution in [2.24, 2.45) is 7.05 Å². The molecule has 0 fully saturated rings. The third-order valence-electron chi connectivity index (χ3n) is 3.52. The van der Waals surface area contributed by atoms with Gasteiger partial charge >= 0.3 is 0 Å². The van der Waals surface area contributed by atoms with E-state index in [0.29, 0.717) is 18.2 Å². The van der Waals surface area contributed by atoms with Crippen LogP contribution in [0.3, 0.4) is 0 Å². The molecule has 0 radical (unpaired) electrons. The van der Waals surface area contributed by atoms with Crippen LogP contribution in [0.4, 0.5) is 0 Å². The Morgan fingerprint density at radius 3 is 2.70 bits per heavy atom. The molecule has 1 amide bonds. The van der Waals surface area contributed by atoms with Gasteiger partial charge in [-0.3, -0.25) is 4.79 Å². The molecule has 0 unspecified atom stereocenters. The molecule has 2 heterocycles. The Balaban J connectivity index is 2.09. The van der Waals surface area contributed by atoms with Crippen molar-refractivity contribution in [1.29, 1.82) is 0 Å². The van der Waals surface area contributed by atoms with Crippen LogP contribution in [0.2, 0.25) is 0 Å². The minimum atomic E-state index is -0.00871. The lowest BCUT2D eigenvalue weighted by molar-refractivity contribution is 0.0771. The fourth-order valence-corrected chi connectivity index (χ4v) is 2.02. The molecule has 0 atom stereocenters. The van der Waals surface area contributed by atoms with Gasteiger partial charge in [-0.1, -0.05) is 19.0 Å². The Hall–Kier alpha value is -2.04. The van der Waals surface area contributed by atoms with E-state index in [4.69, 9.17) is 4.52 Å². The lowest BCUT2D eigenvalue weighted by Gasteiger charge is -2.15. The molecule has 0 saturated carbocycles. The molecule has 0 bridgehead atoms. The first kappa shape index (κ1) is 14.4.